The summed E-state index contributed by atoms with van der Waals surface area (Å²) in [6, 6.07) is 11.0. The van der Waals surface area contributed by atoms with Gasteiger partial charge in [-0.2, -0.15) is 0 Å². The molecule has 1 heterocycles. The second-order valence-corrected chi connectivity index (χ2v) is 7.71. The van der Waals surface area contributed by atoms with Crippen molar-refractivity contribution in [2.75, 3.05) is 10.8 Å². The molecule has 0 fully saturated rings. The normalized spacial score (nSPS) is 14.0. The number of sulfonamides is 1. The number of rotatable bonds is 3. The van der Waals surface area contributed by atoms with E-state index in [1.54, 1.807) is 30.3 Å². The molecule has 0 aliphatic carbocycles. The Morgan fingerprint density at radius 2 is 1.82 bits per heavy atom. The Hall–Kier alpha value is -1.86. The number of nitrogens with zero attached hydrogens (tertiary/aromatic N) is 1. The van der Waals surface area contributed by atoms with Crippen molar-refractivity contribution in [3.05, 3.63) is 58.1 Å². The van der Waals surface area contributed by atoms with E-state index >= 15 is 0 Å². The predicted octanol–water partition coefficient (Wildman–Crippen LogP) is 2.90. The maximum absolute atomic E-state index is 12.7. The molecule has 7 heteroatoms. The fourth-order valence-electron chi connectivity index (χ4n) is 2.49. The summed E-state index contributed by atoms with van der Waals surface area (Å²) < 4.78 is 27.6. The first kappa shape index (κ1) is 15.1. The van der Waals surface area contributed by atoms with Crippen LogP contribution >= 0.6 is 15.9 Å². The minimum atomic E-state index is -3.64. The topological polar surface area (TPSA) is 74.7 Å². The molecule has 5 nitrogen and oxygen atoms in total. The third-order valence-electron chi connectivity index (χ3n) is 3.58. The summed E-state index contributed by atoms with van der Waals surface area (Å²) in [5.41, 5.74) is 1.45. The van der Waals surface area contributed by atoms with E-state index in [-0.39, 0.29) is 10.5 Å². The third-order valence-corrected chi connectivity index (χ3v) is 5.94. The molecular formula is C15H12BrNO4S. The zero-order valence-corrected chi connectivity index (χ0v) is 13.8. The lowest BCUT2D eigenvalue weighted by molar-refractivity contribution is 0.0697. The highest BCUT2D eigenvalue weighted by molar-refractivity contribution is 9.10. The number of fused-ring (bicyclic) bond motifs is 1. The molecule has 0 radical (unpaired) electrons. The summed E-state index contributed by atoms with van der Waals surface area (Å²) in [5, 5.41) is 9.01. The minimum absolute atomic E-state index is 0.168. The van der Waals surface area contributed by atoms with Crippen LogP contribution in [0.1, 0.15) is 15.9 Å². The molecule has 2 aromatic rings. The number of halogens is 1. The van der Waals surface area contributed by atoms with E-state index in [0.717, 1.165) is 10.0 Å². The molecule has 0 unspecified atom stereocenters. The van der Waals surface area contributed by atoms with Crippen LogP contribution in [0.15, 0.2) is 51.8 Å². The van der Waals surface area contributed by atoms with Crippen LogP contribution in [-0.4, -0.2) is 26.0 Å². The van der Waals surface area contributed by atoms with Gasteiger partial charge in [0.05, 0.1) is 16.1 Å². The summed E-state index contributed by atoms with van der Waals surface area (Å²) in [5.74, 6) is -1.02. The van der Waals surface area contributed by atoms with Crippen LogP contribution in [-0.2, 0) is 16.4 Å². The molecule has 22 heavy (non-hydrogen) atoms. The van der Waals surface area contributed by atoms with Gasteiger partial charge in [0.1, 0.15) is 0 Å². The van der Waals surface area contributed by atoms with Crippen LogP contribution in [0.25, 0.3) is 0 Å². The monoisotopic (exact) mass is 381 g/mol. The summed E-state index contributed by atoms with van der Waals surface area (Å²) in [7, 11) is -3.64. The molecule has 2 aromatic carbocycles. The smallest absolute Gasteiger partial charge is 0.335 e. The molecule has 0 aromatic heterocycles. The van der Waals surface area contributed by atoms with Crippen molar-refractivity contribution in [2.24, 2.45) is 0 Å². The minimum Gasteiger partial charge on any atom is -0.478 e. The average Bonchev–Trinajstić information content (AvgIpc) is 2.91. The number of aromatic carboxylic acids is 1. The number of carboxylic acids is 1. The zero-order valence-electron chi connectivity index (χ0n) is 11.4. The van der Waals surface area contributed by atoms with Gasteiger partial charge in [0.2, 0.25) is 0 Å². The fourth-order valence-corrected chi connectivity index (χ4v) is 4.26. The van der Waals surface area contributed by atoms with E-state index < -0.39 is 16.0 Å². The number of benzene rings is 2. The van der Waals surface area contributed by atoms with Crippen LogP contribution in [0.2, 0.25) is 0 Å². The van der Waals surface area contributed by atoms with Gasteiger partial charge in [-0.25, -0.2) is 13.2 Å². The molecule has 3 rings (SSSR count). The summed E-state index contributed by atoms with van der Waals surface area (Å²) in [4.78, 5) is 11.2. The zero-order chi connectivity index (χ0) is 15.9. The van der Waals surface area contributed by atoms with Gasteiger partial charge in [-0.1, -0.05) is 15.9 Å². The van der Waals surface area contributed by atoms with Crippen LogP contribution in [0, 0.1) is 0 Å². The first-order valence-electron chi connectivity index (χ1n) is 6.54. The van der Waals surface area contributed by atoms with Gasteiger partial charge in [0.25, 0.3) is 10.0 Å². The first-order valence-corrected chi connectivity index (χ1v) is 8.77. The highest BCUT2D eigenvalue weighted by atomic mass is 79.9. The maximum atomic E-state index is 12.7. The molecule has 0 amide bonds. The van der Waals surface area contributed by atoms with Crippen molar-refractivity contribution < 1.29 is 18.3 Å². The number of carboxylic acid groups (broad SMARTS) is 1. The van der Waals surface area contributed by atoms with E-state index in [1.807, 2.05) is 0 Å². The Balaban J connectivity index is 2.02. The van der Waals surface area contributed by atoms with Crippen molar-refractivity contribution in [2.45, 2.75) is 11.3 Å². The molecule has 0 spiro atoms. The van der Waals surface area contributed by atoms with E-state index in [1.165, 1.54) is 16.4 Å². The van der Waals surface area contributed by atoms with Gasteiger partial charge in [-0.3, -0.25) is 4.31 Å². The SMILES string of the molecule is O=C(O)c1ccc2c(c1)CCN2S(=O)(=O)c1ccc(Br)cc1. The van der Waals surface area contributed by atoms with Gasteiger partial charge in [0, 0.05) is 11.0 Å². The fraction of sp³-hybridized carbons (Fsp3) is 0.133. The Bertz CT molecular complexity index is 846. The van der Waals surface area contributed by atoms with Crippen molar-refractivity contribution in [1.82, 2.24) is 0 Å². The van der Waals surface area contributed by atoms with Crippen molar-refractivity contribution in [3.63, 3.8) is 0 Å². The van der Waals surface area contributed by atoms with Crippen LogP contribution in [0.3, 0.4) is 0 Å². The van der Waals surface area contributed by atoms with E-state index in [2.05, 4.69) is 15.9 Å². The molecule has 0 saturated heterocycles. The molecule has 0 saturated carbocycles. The number of carbonyl (C=O) groups is 1. The third kappa shape index (κ3) is 2.50. The lowest BCUT2D eigenvalue weighted by atomic mass is 10.1. The highest BCUT2D eigenvalue weighted by Crippen LogP contribution is 2.33. The molecule has 0 bridgehead atoms. The summed E-state index contributed by atoms with van der Waals surface area (Å²) in [6.07, 6.45) is 0.506. The number of hydrogen-bond acceptors (Lipinski definition) is 3. The van der Waals surface area contributed by atoms with Gasteiger partial charge in [-0.05, 0) is 54.4 Å². The maximum Gasteiger partial charge on any atom is 0.335 e. The second kappa shape index (κ2) is 5.40. The Morgan fingerprint density at radius 3 is 2.45 bits per heavy atom. The molecule has 1 aliphatic rings. The highest BCUT2D eigenvalue weighted by Gasteiger charge is 2.31. The number of anilines is 1. The molecular weight excluding hydrogens is 370 g/mol. The first-order chi connectivity index (χ1) is 10.4. The molecule has 1 aliphatic heterocycles. The van der Waals surface area contributed by atoms with Gasteiger partial charge < -0.3 is 5.11 Å². The van der Waals surface area contributed by atoms with E-state index in [4.69, 9.17) is 5.11 Å². The van der Waals surface area contributed by atoms with Crippen LogP contribution in [0.5, 0.6) is 0 Å². The lowest BCUT2D eigenvalue weighted by Gasteiger charge is -2.19. The van der Waals surface area contributed by atoms with Gasteiger partial charge >= 0.3 is 5.97 Å². The molecule has 0 atom stereocenters. The van der Waals surface area contributed by atoms with Crippen molar-refractivity contribution in [3.8, 4) is 0 Å². The molecule has 1 N–H and O–H groups in total. The Labute approximate surface area is 136 Å². The van der Waals surface area contributed by atoms with Crippen molar-refractivity contribution >= 4 is 37.6 Å². The molecule has 114 valence electrons. The quantitative estimate of drug-likeness (QED) is 0.886. The van der Waals surface area contributed by atoms with Gasteiger partial charge in [0.15, 0.2) is 0 Å². The van der Waals surface area contributed by atoms with Crippen LogP contribution in [0.4, 0.5) is 5.69 Å². The largest absolute Gasteiger partial charge is 0.478 e. The van der Waals surface area contributed by atoms with Gasteiger partial charge in [-0.15, -0.1) is 0 Å². The lowest BCUT2D eigenvalue weighted by Crippen LogP contribution is -2.29. The average molecular weight is 382 g/mol. The van der Waals surface area contributed by atoms with Crippen molar-refractivity contribution in [1.29, 1.82) is 0 Å². The summed E-state index contributed by atoms with van der Waals surface area (Å²) >= 11 is 3.28. The Morgan fingerprint density at radius 1 is 1.14 bits per heavy atom. The Kier molecular flexibility index (Phi) is 3.70. The predicted molar refractivity (Wildman–Crippen MR) is 85.8 cm³/mol. The standard InChI is InChI=1S/C15H12BrNO4S/c16-12-2-4-13(5-3-12)22(20,21)17-8-7-10-9-11(15(18)19)1-6-14(10)17/h1-6,9H,7-8H2,(H,18,19). The summed E-state index contributed by atoms with van der Waals surface area (Å²) in [6.45, 7) is 0.316. The second-order valence-electron chi connectivity index (χ2n) is 4.93. The van der Waals surface area contributed by atoms with E-state index in [0.29, 0.717) is 18.7 Å². The number of hydrogen-bond donors (Lipinski definition) is 1. The van der Waals surface area contributed by atoms with Crippen LogP contribution < -0.4 is 4.31 Å². The van der Waals surface area contributed by atoms with E-state index in [9.17, 15) is 13.2 Å².